The van der Waals surface area contributed by atoms with E-state index in [1.165, 1.54) is 6.33 Å². The van der Waals surface area contributed by atoms with Gasteiger partial charge in [-0.15, -0.1) is 11.3 Å². The van der Waals surface area contributed by atoms with Crippen LogP contribution < -0.4 is 10.9 Å². The van der Waals surface area contributed by atoms with E-state index in [9.17, 15) is 14.4 Å². The average Bonchev–Trinajstić information content (AvgIpc) is 3.57. The minimum Gasteiger partial charge on any atom is -0.340 e. The maximum Gasteiger partial charge on any atom is 0.275 e. The molecule has 1 atom stereocenters. The van der Waals surface area contributed by atoms with Crippen molar-refractivity contribution in [1.29, 1.82) is 5.26 Å². The molecule has 1 amide bonds. The Bertz CT molecular complexity index is 1620. The fourth-order valence-electron chi connectivity index (χ4n) is 7.07. The van der Waals surface area contributed by atoms with Crippen molar-refractivity contribution in [2.24, 2.45) is 11.8 Å². The van der Waals surface area contributed by atoms with Crippen LogP contribution in [0.2, 0.25) is 0 Å². The number of nitriles is 1. The predicted octanol–water partition coefficient (Wildman–Crippen LogP) is 3.85. The smallest absolute Gasteiger partial charge is 0.275 e. The number of anilines is 2. The Morgan fingerprint density at radius 2 is 2.03 bits per heavy atom. The molecule has 9 nitrogen and oxygen atoms in total. The number of aryl methyl sites for hydroxylation is 2. The third-order valence-electron chi connectivity index (χ3n) is 8.98. The van der Waals surface area contributed by atoms with Crippen molar-refractivity contribution >= 4 is 44.7 Å². The molecule has 1 spiro atoms. The van der Waals surface area contributed by atoms with Crippen molar-refractivity contribution in [1.82, 2.24) is 19.4 Å². The van der Waals surface area contributed by atoms with Gasteiger partial charge in [0.2, 0.25) is 5.91 Å². The number of hydrogen-bond donors (Lipinski definition) is 1. The Balaban J connectivity index is 1.23. The Morgan fingerprint density at radius 3 is 2.79 bits per heavy atom. The van der Waals surface area contributed by atoms with Crippen LogP contribution in [0.5, 0.6) is 0 Å². The summed E-state index contributed by atoms with van der Waals surface area (Å²) in [6.45, 7) is 2.97. The molecule has 2 aliphatic heterocycles. The summed E-state index contributed by atoms with van der Waals surface area (Å²) in [4.78, 5) is 52.5. The van der Waals surface area contributed by atoms with E-state index in [1.807, 2.05) is 6.92 Å². The molecule has 0 unspecified atom stereocenters. The van der Waals surface area contributed by atoms with Gasteiger partial charge in [-0.25, -0.2) is 9.97 Å². The second-order valence-corrected chi connectivity index (χ2v) is 12.4. The van der Waals surface area contributed by atoms with Crippen LogP contribution in [-0.2, 0) is 23.2 Å². The number of ketones is 1. The summed E-state index contributed by atoms with van der Waals surface area (Å²) >= 11 is 1.59. The fourth-order valence-corrected chi connectivity index (χ4v) is 8.34. The number of hydrogen-bond acceptors (Lipinski definition) is 8. The van der Waals surface area contributed by atoms with Gasteiger partial charge >= 0.3 is 0 Å². The van der Waals surface area contributed by atoms with Crippen LogP contribution in [-0.4, -0.2) is 44.2 Å². The van der Waals surface area contributed by atoms with E-state index in [2.05, 4.69) is 21.4 Å². The largest absolute Gasteiger partial charge is 0.340 e. The fraction of sp³-hybridized carbons (Fsp3) is 0.500. The van der Waals surface area contributed by atoms with E-state index in [0.717, 1.165) is 64.7 Å². The van der Waals surface area contributed by atoms with Crippen molar-refractivity contribution in [2.75, 3.05) is 18.4 Å². The lowest BCUT2D eigenvalue weighted by Gasteiger charge is -2.38. The molecular weight excluding hydrogens is 500 g/mol. The van der Waals surface area contributed by atoms with Crippen LogP contribution in [0.3, 0.4) is 0 Å². The van der Waals surface area contributed by atoms with Crippen LogP contribution in [0, 0.1) is 30.1 Å². The molecule has 0 radical (unpaired) electrons. The zero-order chi connectivity index (χ0) is 26.2. The van der Waals surface area contributed by atoms with E-state index in [1.54, 1.807) is 26.9 Å². The molecule has 194 valence electrons. The molecule has 0 bridgehead atoms. The molecule has 0 aromatic carbocycles. The van der Waals surface area contributed by atoms with E-state index in [4.69, 9.17) is 5.26 Å². The second kappa shape index (κ2) is 8.46. The van der Waals surface area contributed by atoms with Crippen LogP contribution in [0.25, 0.3) is 10.2 Å². The Hall–Kier alpha value is -3.58. The normalized spacial score (nSPS) is 21.8. The van der Waals surface area contributed by atoms with Crippen LogP contribution in [0.1, 0.15) is 65.0 Å². The van der Waals surface area contributed by atoms with Crippen LogP contribution in [0.15, 0.2) is 17.2 Å². The number of rotatable bonds is 3. The zero-order valence-electron chi connectivity index (χ0n) is 21.2. The summed E-state index contributed by atoms with van der Waals surface area (Å²) in [7, 11) is 0. The van der Waals surface area contributed by atoms with Gasteiger partial charge in [-0.05, 0) is 56.2 Å². The number of nitrogens with one attached hydrogen (secondary N) is 1. The van der Waals surface area contributed by atoms with E-state index in [-0.39, 0.29) is 34.6 Å². The number of carbonyl (C=O) groups excluding carboxylic acids is 2. The molecule has 3 aromatic heterocycles. The summed E-state index contributed by atoms with van der Waals surface area (Å²) in [6, 6.07) is 4.01. The number of pyridine rings is 1. The van der Waals surface area contributed by atoms with Gasteiger partial charge in [-0.1, -0.05) is 12.8 Å². The molecule has 1 saturated carbocycles. The number of fused-ring (bicyclic) bond motifs is 5. The third kappa shape index (κ3) is 3.37. The maximum absolute atomic E-state index is 13.8. The van der Waals surface area contributed by atoms with E-state index < -0.39 is 0 Å². The molecule has 3 aromatic rings. The van der Waals surface area contributed by atoms with E-state index in [0.29, 0.717) is 43.1 Å². The van der Waals surface area contributed by atoms with Gasteiger partial charge in [0.15, 0.2) is 5.78 Å². The third-order valence-corrected chi connectivity index (χ3v) is 10.1. The van der Waals surface area contributed by atoms with Crippen molar-refractivity contribution in [3.63, 3.8) is 0 Å². The van der Waals surface area contributed by atoms with Gasteiger partial charge in [0.05, 0.1) is 28.6 Å². The summed E-state index contributed by atoms with van der Waals surface area (Å²) < 4.78 is 1.78. The first kappa shape index (κ1) is 23.5. The molecule has 1 saturated heterocycles. The number of thiophene rings is 1. The molecule has 5 heterocycles. The Morgan fingerprint density at radius 1 is 1.24 bits per heavy atom. The SMILES string of the molecule is Cc1cc(Nc2ncnc3sc4c(c23)CC[C@H](C(=O)N2CC(C#N)C2)C4)c(=O)n2c1C(=O)CC21CCCC1. The zero-order valence-corrected chi connectivity index (χ0v) is 22.1. The summed E-state index contributed by atoms with van der Waals surface area (Å²) in [6.07, 6.45) is 7.85. The predicted molar refractivity (Wildman–Crippen MR) is 143 cm³/mol. The molecular formula is C28H28N6O3S. The first-order valence-corrected chi connectivity index (χ1v) is 14.2. The van der Waals surface area contributed by atoms with Gasteiger partial charge in [0.1, 0.15) is 22.7 Å². The maximum atomic E-state index is 13.8. The van der Waals surface area contributed by atoms with Gasteiger partial charge < -0.3 is 10.2 Å². The number of carbonyl (C=O) groups is 2. The van der Waals surface area contributed by atoms with Gasteiger partial charge in [0, 0.05) is 30.3 Å². The number of aromatic nitrogens is 3. The molecule has 1 N–H and O–H groups in total. The minimum atomic E-state index is -0.389. The number of Topliss-reactive ketones (excluding diaryl/α,β-unsaturated/α-hetero) is 1. The molecule has 2 aliphatic carbocycles. The lowest BCUT2D eigenvalue weighted by molar-refractivity contribution is -0.141. The standard InChI is InChI=1S/C28H28N6O3S/c1-15-8-19(27(37)34-23(15)20(35)10-28(34)6-2-3-7-28)32-24-22-18-5-4-17(26(36)33-12-16(11-29)13-33)9-21(18)38-25(22)31-14-30-24/h8,14,16-17H,2-7,9-10,12-13H2,1H3,(H,30,31,32)/t17-/m0/s1. The van der Waals surface area contributed by atoms with Crippen LogP contribution in [0.4, 0.5) is 11.5 Å². The molecule has 4 aliphatic rings. The van der Waals surface area contributed by atoms with Crippen molar-refractivity contribution < 1.29 is 9.59 Å². The van der Waals surface area contributed by atoms with Crippen molar-refractivity contribution in [3.05, 3.63) is 44.4 Å². The highest BCUT2D eigenvalue weighted by molar-refractivity contribution is 7.19. The van der Waals surface area contributed by atoms with Crippen molar-refractivity contribution in [2.45, 2.75) is 63.8 Å². The summed E-state index contributed by atoms with van der Waals surface area (Å²) in [5.74, 6) is 0.679. The number of nitrogens with zero attached hydrogens (tertiary/aromatic N) is 5. The average molecular weight is 529 g/mol. The highest BCUT2D eigenvalue weighted by Crippen LogP contribution is 2.45. The second-order valence-electron chi connectivity index (χ2n) is 11.3. The monoisotopic (exact) mass is 528 g/mol. The van der Waals surface area contributed by atoms with Gasteiger partial charge in [-0.2, -0.15) is 5.26 Å². The first-order chi connectivity index (χ1) is 18.4. The van der Waals surface area contributed by atoms with Gasteiger partial charge in [-0.3, -0.25) is 19.0 Å². The number of likely N-dealkylation sites (tertiary alicyclic amines) is 1. The first-order valence-electron chi connectivity index (χ1n) is 13.4. The van der Waals surface area contributed by atoms with Crippen LogP contribution >= 0.6 is 11.3 Å². The van der Waals surface area contributed by atoms with Crippen molar-refractivity contribution in [3.8, 4) is 6.07 Å². The molecule has 38 heavy (non-hydrogen) atoms. The molecule has 2 fully saturated rings. The Labute approximate surface area is 223 Å². The summed E-state index contributed by atoms with van der Waals surface area (Å²) in [5.41, 5.74) is 2.40. The topological polar surface area (TPSA) is 121 Å². The lowest BCUT2D eigenvalue weighted by Crippen LogP contribution is -2.52. The quantitative estimate of drug-likeness (QED) is 0.548. The van der Waals surface area contributed by atoms with E-state index >= 15 is 0 Å². The molecule has 10 heteroatoms. The van der Waals surface area contributed by atoms with Gasteiger partial charge in [0.25, 0.3) is 5.56 Å². The number of amides is 1. The highest BCUT2D eigenvalue weighted by atomic mass is 32.1. The summed E-state index contributed by atoms with van der Waals surface area (Å²) in [5, 5.41) is 13.3. The Kier molecular flexibility index (Phi) is 5.24. The lowest BCUT2D eigenvalue weighted by atomic mass is 9.85. The molecule has 7 rings (SSSR count). The highest BCUT2D eigenvalue weighted by Gasteiger charge is 2.46. The minimum absolute atomic E-state index is 0.0417.